The van der Waals surface area contributed by atoms with Crippen molar-refractivity contribution >= 4 is 5.91 Å². The number of unbranched alkanes of at least 4 members (excludes halogenated alkanes) is 1. The molecule has 1 aromatic rings. The first-order chi connectivity index (χ1) is 6.84. The van der Waals surface area contributed by atoms with E-state index in [4.69, 9.17) is 5.73 Å². The molecule has 14 heavy (non-hydrogen) atoms. The first-order valence-electron chi connectivity index (χ1n) is 4.73. The third kappa shape index (κ3) is 3.53. The molecule has 0 aliphatic rings. The van der Waals surface area contributed by atoms with E-state index in [1.165, 1.54) is 0 Å². The maximum atomic E-state index is 11.4. The van der Waals surface area contributed by atoms with Crippen LogP contribution in [-0.4, -0.2) is 24.0 Å². The standard InChI is InChI=1S/C10H15N3O/c11-5-1-2-6-13-10(14)9-3-7-12-8-4-9/h3-4,7-8H,1-2,5-6,11H2,(H,13,14). The van der Waals surface area contributed by atoms with Gasteiger partial charge >= 0.3 is 0 Å². The molecule has 0 aliphatic carbocycles. The SMILES string of the molecule is NCCCCNC(=O)c1ccncc1. The summed E-state index contributed by atoms with van der Waals surface area (Å²) in [5, 5.41) is 2.81. The van der Waals surface area contributed by atoms with E-state index in [1.54, 1.807) is 24.5 Å². The molecule has 0 unspecified atom stereocenters. The lowest BCUT2D eigenvalue weighted by Gasteiger charge is -2.03. The first kappa shape index (κ1) is 10.7. The second-order valence-corrected chi connectivity index (χ2v) is 2.99. The molecule has 0 saturated carbocycles. The fourth-order valence-corrected chi connectivity index (χ4v) is 1.08. The lowest BCUT2D eigenvalue weighted by atomic mass is 10.2. The highest BCUT2D eigenvalue weighted by Gasteiger charge is 2.02. The van der Waals surface area contributed by atoms with Gasteiger partial charge < -0.3 is 11.1 Å². The number of nitrogens with one attached hydrogen (secondary N) is 1. The smallest absolute Gasteiger partial charge is 0.251 e. The van der Waals surface area contributed by atoms with E-state index in [9.17, 15) is 4.79 Å². The molecule has 1 amide bonds. The fraction of sp³-hybridized carbons (Fsp3) is 0.400. The molecule has 0 radical (unpaired) electrons. The van der Waals surface area contributed by atoms with Crippen molar-refractivity contribution in [2.24, 2.45) is 5.73 Å². The topological polar surface area (TPSA) is 68.0 Å². The number of carbonyl (C=O) groups is 1. The molecule has 3 N–H and O–H groups in total. The van der Waals surface area contributed by atoms with Crippen LogP contribution < -0.4 is 11.1 Å². The lowest BCUT2D eigenvalue weighted by Crippen LogP contribution is -2.24. The summed E-state index contributed by atoms with van der Waals surface area (Å²) in [6, 6.07) is 3.39. The van der Waals surface area contributed by atoms with E-state index in [1.807, 2.05) is 0 Å². The van der Waals surface area contributed by atoms with Crippen molar-refractivity contribution in [1.29, 1.82) is 0 Å². The number of nitrogens with zero attached hydrogens (tertiary/aromatic N) is 1. The highest BCUT2D eigenvalue weighted by atomic mass is 16.1. The molecule has 1 rings (SSSR count). The zero-order valence-electron chi connectivity index (χ0n) is 8.07. The molecule has 4 heteroatoms. The largest absolute Gasteiger partial charge is 0.352 e. The predicted octanol–water partition coefficient (Wildman–Crippen LogP) is 0.550. The number of carbonyl (C=O) groups excluding carboxylic acids is 1. The van der Waals surface area contributed by atoms with E-state index in [0.29, 0.717) is 18.7 Å². The summed E-state index contributed by atoms with van der Waals surface area (Å²) in [5.41, 5.74) is 5.98. The van der Waals surface area contributed by atoms with Crippen LogP contribution in [0.1, 0.15) is 23.2 Å². The molecule has 0 fully saturated rings. The number of rotatable bonds is 5. The minimum absolute atomic E-state index is 0.0515. The monoisotopic (exact) mass is 193 g/mol. The number of nitrogens with two attached hydrogens (primary N) is 1. The van der Waals surface area contributed by atoms with Crippen molar-refractivity contribution in [1.82, 2.24) is 10.3 Å². The highest BCUT2D eigenvalue weighted by Crippen LogP contribution is 1.95. The molecule has 0 atom stereocenters. The minimum Gasteiger partial charge on any atom is -0.352 e. The Bertz CT molecular complexity index is 274. The lowest BCUT2D eigenvalue weighted by molar-refractivity contribution is 0.0953. The van der Waals surface area contributed by atoms with Crippen LogP contribution in [0.3, 0.4) is 0 Å². The van der Waals surface area contributed by atoms with Gasteiger partial charge in [0.1, 0.15) is 0 Å². The number of aromatic nitrogens is 1. The summed E-state index contributed by atoms with van der Waals surface area (Å²) in [5.74, 6) is -0.0515. The maximum absolute atomic E-state index is 11.4. The first-order valence-corrected chi connectivity index (χ1v) is 4.73. The second-order valence-electron chi connectivity index (χ2n) is 2.99. The molecule has 0 aliphatic heterocycles. The number of amides is 1. The van der Waals surface area contributed by atoms with Gasteiger partial charge in [-0.3, -0.25) is 9.78 Å². The average Bonchev–Trinajstić information content (AvgIpc) is 2.25. The Morgan fingerprint density at radius 1 is 1.36 bits per heavy atom. The van der Waals surface area contributed by atoms with Crippen molar-refractivity contribution in [3.05, 3.63) is 30.1 Å². The van der Waals surface area contributed by atoms with Gasteiger partial charge in [-0.2, -0.15) is 0 Å². The Morgan fingerprint density at radius 3 is 2.71 bits per heavy atom. The molecule has 0 saturated heterocycles. The van der Waals surface area contributed by atoms with Gasteiger partial charge in [-0.1, -0.05) is 0 Å². The molecule has 0 bridgehead atoms. The molecule has 0 spiro atoms. The Labute approximate surface area is 83.5 Å². The van der Waals surface area contributed by atoms with Gasteiger partial charge in [0.25, 0.3) is 5.91 Å². The Kier molecular flexibility index (Phi) is 4.64. The molecular formula is C10H15N3O. The van der Waals surface area contributed by atoms with E-state index in [-0.39, 0.29) is 5.91 Å². The zero-order valence-corrected chi connectivity index (χ0v) is 8.07. The normalized spacial score (nSPS) is 9.79. The summed E-state index contributed by atoms with van der Waals surface area (Å²) >= 11 is 0. The van der Waals surface area contributed by atoms with Crippen LogP contribution in [0.15, 0.2) is 24.5 Å². The second kappa shape index (κ2) is 6.10. The summed E-state index contributed by atoms with van der Waals surface area (Å²) in [7, 11) is 0. The third-order valence-corrected chi connectivity index (χ3v) is 1.86. The van der Waals surface area contributed by atoms with E-state index in [0.717, 1.165) is 12.8 Å². The van der Waals surface area contributed by atoms with Crippen LogP contribution in [0, 0.1) is 0 Å². The molecule has 4 nitrogen and oxygen atoms in total. The average molecular weight is 193 g/mol. The van der Waals surface area contributed by atoms with E-state index < -0.39 is 0 Å². The van der Waals surface area contributed by atoms with Gasteiger partial charge in [-0.25, -0.2) is 0 Å². The molecule has 0 aromatic carbocycles. The van der Waals surface area contributed by atoms with Crippen LogP contribution in [0.25, 0.3) is 0 Å². The van der Waals surface area contributed by atoms with Crippen molar-refractivity contribution in [2.75, 3.05) is 13.1 Å². The quantitative estimate of drug-likeness (QED) is 0.671. The van der Waals surface area contributed by atoms with E-state index in [2.05, 4.69) is 10.3 Å². The van der Waals surface area contributed by atoms with Gasteiger partial charge in [0, 0.05) is 24.5 Å². The van der Waals surface area contributed by atoms with Gasteiger partial charge in [0.05, 0.1) is 0 Å². The molecule has 1 aromatic heterocycles. The van der Waals surface area contributed by atoms with Crippen molar-refractivity contribution in [3.8, 4) is 0 Å². The van der Waals surface area contributed by atoms with Crippen molar-refractivity contribution < 1.29 is 4.79 Å². The summed E-state index contributed by atoms with van der Waals surface area (Å²) in [6.45, 7) is 1.35. The number of hydrogen-bond donors (Lipinski definition) is 2. The van der Waals surface area contributed by atoms with Crippen LogP contribution in [0.5, 0.6) is 0 Å². The van der Waals surface area contributed by atoms with Gasteiger partial charge in [0.2, 0.25) is 0 Å². The van der Waals surface area contributed by atoms with Gasteiger partial charge in [-0.05, 0) is 31.5 Å². The van der Waals surface area contributed by atoms with Crippen molar-refractivity contribution in [2.45, 2.75) is 12.8 Å². The fourth-order valence-electron chi connectivity index (χ4n) is 1.08. The Hall–Kier alpha value is -1.42. The summed E-state index contributed by atoms with van der Waals surface area (Å²) in [4.78, 5) is 15.3. The molecular weight excluding hydrogens is 178 g/mol. The van der Waals surface area contributed by atoms with Crippen LogP contribution in [-0.2, 0) is 0 Å². The number of hydrogen-bond acceptors (Lipinski definition) is 3. The zero-order chi connectivity index (χ0) is 10.2. The van der Waals surface area contributed by atoms with Crippen LogP contribution in [0.4, 0.5) is 0 Å². The summed E-state index contributed by atoms with van der Waals surface area (Å²) in [6.07, 6.45) is 5.08. The molecule has 76 valence electrons. The van der Waals surface area contributed by atoms with Crippen LogP contribution >= 0.6 is 0 Å². The van der Waals surface area contributed by atoms with Crippen molar-refractivity contribution in [3.63, 3.8) is 0 Å². The third-order valence-electron chi connectivity index (χ3n) is 1.86. The Balaban J connectivity index is 2.29. The minimum atomic E-state index is -0.0515. The Morgan fingerprint density at radius 2 is 2.07 bits per heavy atom. The molecule has 1 heterocycles. The summed E-state index contributed by atoms with van der Waals surface area (Å²) < 4.78 is 0. The predicted molar refractivity (Wildman–Crippen MR) is 54.9 cm³/mol. The van der Waals surface area contributed by atoms with Crippen LogP contribution in [0.2, 0.25) is 0 Å². The van der Waals surface area contributed by atoms with E-state index >= 15 is 0 Å². The van der Waals surface area contributed by atoms with Gasteiger partial charge in [0.15, 0.2) is 0 Å². The maximum Gasteiger partial charge on any atom is 0.251 e. The number of pyridine rings is 1. The highest BCUT2D eigenvalue weighted by molar-refractivity contribution is 5.93. The van der Waals surface area contributed by atoms with Gasteiger partial charge in [-0.15, -0.1) is 0 Å².